The molecule has 5 atom stereocenters. The molecule has 0 spiro atoms. The van der Waals surface area contributed by atoms with Crippen molar-refractivity contribution >= 4 is 26.6 Å². The molecule has 6 nitrogen and oxygen atoms in total. The molecule has 3 fully saturated rings. The maximum absolute atomic E-state index is 13.0. The Hall–Kier alpha value is -3.52. The van der Waals surface area contributed by atoms with E-state index in [0.717, 1.165) is 59.0 Å². The van der Waals surface area contributed by atoms with E-state index in [1.54, 1.807) is 42.6 Å². The average Bonchev–Trinajstić information content (AvgIpc) is 2.97. The van der Waals surface area contributed by atoms with Crippen molar-refractivity contribution in [2.75, 3.05) is 17.8 Å². The molecule has 0 amide bonds. The van der Waals surface area contributed by atoms with Crippen LogP contribution < -0.4 is 4.72 Å². The minimum Gasteiger partial charge on any atom is -0.382 e. The molecule has 3 saturated heterocycles. The first kappa shape index (κ1) is 25.7. The van der Waals surface area contributed by atoms with Gasteiger partial charge in [0.05, 0.1) is 23.5 Å². The number of fused-ring (bicyclic) bond motifs is 4. The largest absolute Gasteiger partial charge is 0.382 e. The van der Waals surface area contributed by atoms with Gasteiger partial charge in [-0.3, -0.25) is 9.71 Å². The first-order valence-corrected chi connectivity index (χ1v) is 15.0. The summed E-state index contributed by atoms with van der Waals surface area (Å²) < 4.78 is 29.3. The average molecular weight is 541 g/mol. The van der Waals surface area contributed by atoms with E-state index in [9.17, 15) is 13.5 Å². The predicted octanol–water partition coefficient (Wildman–Crippen LogP) is 5.68. The molecule has 3 aromatic carbocycles. The van der Waals surface area contributed by atoms with Crippen molar-refractivity contribution in [2.24, 2.45) is 11.8 Å². The Morgan fingerprint density at radius 1 is 1.03 bits per heavy atom. The fourth-order valence-electron chi connectivity index (χ4n) is 6.82. The number of piperidine rings is 3. The maximum Gasteiger partial charge on any atom is 0.261 e. The number of nitrogens with zero attached hydrogens (tertiary/aromatic N) is 2. The van der Waals surface area contributed by atoms with Gasteiger partial charge in [0.2, 0.25) is 0 Å². The Bertz CT molecular complexity index is 1590. The molecule has 39 heavy (non-hydrogen) atoms. The predicted molar refractivity (Wildman–Crippen MR) is 154 cm³/mol. The van der Waals surface area contributed by atoms with E-state index in [2.05, 4.69) is 22.4 Å². The summed E-state index contributed by atoms with van der Waals surface area (Å²) in [6, 6.07) is 26.1. The second kappa shape index (κ2) is 10.2. The standard InChI is InChI=1S/C32H34N3O3S/c1-2-24-22-35(21-23-12-14-27(15-13-23)39(37,38)34-26-8-4-3-5-9-26)19-17-25(24)20-31(35)32(36)29-16-18-33-30-11-7-6-10-28(29)30/h2-16,18,24-25,31-32,34,36H,1,17,19-22H2/q+1/t24-,25-,31-,32+,35+/m0/s1. The molecule has 3 aliphatic heterocycles. The monoisotopic (exact) mass is 540 g/mol. The van der Waals surface area contributed by atoms with Gasteiger partial charge in [0.15, 0.2) is 0 Å². The van der Waals surface area contributed by atoms with E-state index in [0.29, 0.717) is 17.5 Å². The first-order valence-electron chi connectivity index (χ1n) is 13.6. The lowest BCUT2D eigenvalue weighted by Gasteiger charge is -2.58. The van der Waals surface area contributed by atoms with E-state index in [1.807, 2.05) is 48.5 Å². The van der Waals surface area contributed by atoms with Gasteiger partial charge >= 0.3 is 0 Å². The highest BCUT2D eigenvalue weighted by Crippen LogP contribution is 2.48. The van der Waals surface area contributed by atoms with Gasteiger partial charge in [0.25, 0.3) is 10.0 Å². The van der Waals surface area contributed by atoms with Crippen molar-refractivity contribution in [3.63, 3.8) is 0 Å². The summed E-state index contributed by atoms with van der Waals surface area (Å²) in [7, 11) is -3.68. The molecule has 7 rings (SSSR count). The normalized spacial score (nSPS) is 25.3. The topological polar surface area (TPSA) is 79.3 Å². The van der Waals surface area contributed by atoms with Gasteiger partial charge < -0.3 is 9.59 Å². The number of pyridine rings is 1. The number of sulfonamides is 1. The molecule has 2 bridgehead atoms. The van der Waals surface area contributed by atoms with Crippen LogP contribution in [-0.4, -0.2) is 42.1 Å². The number of aliphatic hydroxyl groups is 1. The lowest BCUT2D eigenvalue weighted by Crippen LogP contribution is -2.67. The Morgan fingerprint density at radius 2 is 1.77 bits per heavy atom. The van der Waals surface area contributed by atoms with Gasteiger partial charge in [-0.2, -0.15) is 0 Å². The van der Waals surface area contributed by atoms with Crippen LogP contribution in [0.4, 0.5) is 5.69 Å². The zero-order valence-corrected chi connectivity index (χ0v) is 22.7. The Labute approximate surface area is 230 Å². The lowest BCUT2D eigenvalue weighted by molar-refractivity contribution is -0.984. The molecular formula is C32H34N3O3S+. The quantitative estimate of drug-likeness (QED) is 0.223. The van der Waals surface area contributed by atoms with Crippen molar-refractivity contribution in [1.82, 2.24) is 4.98 Å². The van der Waals surface area contributed by atoms with Gasteiger partial charge in [-0.1, -0.05) is 54.6 Å². The summed E-state index contributed by atoms with van der Waals surface area (Å²) in [6.45, 7) is 6.77. The highest BCUT2D eigenvalue weighted by Gasteiger charge is 2.54. The molecule has 1 aromatic heterocycles. The third-order valence-corrected chi connectivity index (χ3v) is 10.2. The van der Waals surface area contributed by atoms with Gasteiger partial charge in [-0.25, -0.2) is 8.42 Å². The van der Waals surface area contributed by atoms with E-state index in [-0.39, 0.29) is 10.9 Å². The lowest BCUT2D eigenvalue weighted by atomic mass is 9.71. The molecule has 0 unspecified atom stereocenters. The van der Waals surface area contributed by atoms with Crippen LogP contribution in [0.25, 0.3) is 10.9 Å². The summed E-state index contributed by atoms with van der Waals surface area (Å²) in [5.74, 6) is 0.929. The zero-order valence-electron chi connectivity index (χ0n) is 21.9. The van der Waals surface area contributed by atoms with Gasteiger partial charge in [0.1, 0.15) is 18.7 Å². The van der Waals surface area contributed by atoms with Gasteiger partial charge in [-0.05, 0) is 47.9 Å². The number of hydrogen-bond acceptors (Lipinski definition) is 4. The summed E-state index contributed by atoms with van der Waals surface area (Å²) >= 11 is 0. The van der Waals surface area contributed by atoms with E-state index in [1.165, 1.54) is 0 Å². The van der Waals surface area contributed by atoms with Gasteiger partial charge in [-0.15, -0.1) is 6.58 Å². The molecule has 200 valence electrons. The molecule has 7 heteroatoms. The summed E-state index contributed by atoms with van der Waals surface area (Å²) in [6.07, 6.45) is 5.29. The number of rotatable bonds is 8. The van der Waals surface area contributed by atoms with Crippen molar-refractivity contribution in [1.29, 1.82) is 0 Å². The highest BCUT2D eigenvalue weighted by molar-refractivity contribution is 7.92. The number of nitrogens with one attached hydrogen (secondary N) is 1. The molecule has 0 saturated carbocycles. The van der Waals surface area contributed by atoms with Crippen LogP contribution in [0.15, 0.2) is 109 Å². The van der Waals surface area contributed by atoms with Crippen LogP contribution in [0, 0.1) is 11.8 Å². The van der Waals surface area contributed by atoms with E-state index >= 15 is 0 Å². The van der Waals surface area contributed by atoms with Crippen molar-refractivity contribution in [3.8, 4) is 0 Å². The second-order valence-corrected chi connectivity index (χ2v) is 12.7. The highest BCUT2D eigenvalue weighted by atomic mass is 32.2. The Kier molecular flexibility index (Phi) is 6.75. The third-order valence-electron chi connectivity index (χ3n) is 8.80. The Balaban J connectivity index is 1.30. The number of para-hydroxylation sites is 2. The summed E-state index contributed by atoms with van der Waals surface area (Å²) in [5, 5.41) is 12.9. The molecule has 4 heterocycles. The fraction of sp³-hybridized carbons (Fsp3) is 0.281. The minimum absolute atomic E-state index is 0.0360. The van der Waals surface area contributed by atoms with Crippen molar-refractivity contribution in [2.45, 2.75) is 36.4 Å². The van der Waals surface area contributed by atoms with Crippen molar-refractivity contribution in [3.05, 3.63) is 115 Å². The molecule has 0 aliphatic carbocycles. The van der Waals surface area contributed by atoms with Crippen LogP contribution in [0.3, 0.4) is 0 Å². The molecule has 3 aliphatic rings. The van der Waals surface area contributed by atoms with Crippen LogP contribution >= 0.6 is 0 Å². The maximum atomic E-state index is 13.0. The molecule has 0 radical (unpaired) electrons. The Morgan fingerprint density at radius 3 is 2.54 bits per heavy atom. The number of aliphatic hydroxyl groups excluding tert-OH is 1. The fourth-order valence-corrected chi connectivity index (χ4v) is 7.88. The summed E-state index contributed by atoms with van der Waals surface area (Å²) in [4.78, 5) is 4.73. The van der Waals surface area contributed by atoms with Crippen LogP contribution in [0.1, 0.15) is 30.1 Å². The zero-order chi connectivity index (χ0) is 27.0. The van der Waals surface area contributed by atoms with Crippen molar-refractivity contribution < 1.29 is 18.0 Å². The molecule has 4 aromatic rings. The summed E-state index contributed by atoms with van der Waals surface area (Å²) in [5.41, 5.74) is 3.42. The molecular weight excluding hydrogens is 506 g/mol. The SMILES string of the molecule is C=C[C@H]1C[N@+]2(Cc3ccc(S(=O)(=O)Nc4ccccc4)cc3)CC[C@H]1C[C@H]2[C@H](O)c1ccnc2ccccc12. The third kappa shape index (κ3) is 4.86. The number of aromatic nitrogens is 1. The first-order chi connectivity index (χ1) is 18.9. The van der Waals surface area contributed by atoms with Crippen LogP contribution in [0.5, 0.6) is 0 Å². The second-order valence-electron chi connectivity index (χ2n) is 11.0. The van der Waals surface area contributed by atoms with Crippen LogP contribution in [-0.2, 0) is 16.6 Å². The van der Waals surface area contributed by atoms with E-state index < -0.39 is 16.1 Å². The van der Waals surface area contributed by atoms with E-state index in [4.69, 9.17) is 0 Å². The number of anilines is 1. The minimum atomic E-state index is -3.68. The van der Waals surface area contributed by atoms with Crippen LogP contribution in [0.2, 0.25) is 0 Å². The number of quaternary nitrogens is 1. The number of hydrogen-bond donors (Lipinski definition) is 2. The molecule has 2 N–H and O–H groups in total. The smallest absolute Gasteiger partial charge is 0.261 e. The number of benzene rings is 3. The van der Waals surface area contributed by atoms with Gasteiger partial charge in [0, 0.05) is 41.6 Å².